The van der Waals surface area contributed by atoms with Crippen LogP contribution in [0.4, 0.5) is 0 Å². The number of nitrogens with one attached hydrogen (secondary N) is 5. The van der Waals surface area contributed by atoms with Crippen molar-refractivity contribution >= 4 is 24.1 Å². The topological polar surface area (TPSA) is 148 Å². The lowest BCUT2D eigenvalue weighted by molar-refractivity contribution is -0.133. The molecule has 0 saturated carbocycles. The molecule has 2 aromatic rings. The second kappa shape index (κ2) is 14.0. The number of rotatable bonds is 11. The molecule has 1 fully saturated rings. The number of hydrogen-bond acceptors (Lipinski definition) is 6. The van der Waals surface area contributed by atoms with E-state index in [2.05, 4.69) is 50.5 Å². The number of carbonyl (C=O) groups is 2. The molecule has 0 spiro atoms. The van der Waals surface area contributed by atoms with Crippen LogP contribution in [0.25, 0.3) is 0 Å². The summed E-state index contributed by atoms with van der Waals surface area (Å²) in [6.07, 6.45) is 9.34. The Morgan fingerprint density at radius 3 is 2.50 bits per heavy atom. The van der Waals surface area contributed by atoms with Crippen molar-refractivity contribution in [2.75, 3.05) is 26.2 Å². The van der Waals surface area contributed by atoms with Crippen molar-refractivity contribution in [3.8, 4) is 0 Å². The van der Waals surface area contributed by atoms with E-state index in [1.165, 1.54) is 0 Å². The molecular formula is C32H40N8O2. The van der Waals surface area contributed by atoms with Crippen molar-refractivity contribution < 1.29 is 9.59 Å². The molecule has 7 N–H and O–H groups in total. The summed E-state index contributed by atoms with van der Waals surface area (Å²) < 4.78 is 0. The van der Waals surface area contributed by atoms with Gasteiger partial charge in [-0.05, 0) is 36.5 Å². The Labute approximate surface area is 247 Å². The van der Waals surface area contributed by atoms with Crippen LogP contribution in [0.3, 0.4) is 0 Å². The Hall–Kier alpha value is -4.44. The summed E-state index contributed by atoms with van der Waals surface area (Å²) in [5.41, 5.74) is 8.38. The Bertz CT molecular complexity index is 1290. The molecule has 0 bridgehead atoms. The molecular weight excluding hydrogens is 528 g/mol. The third-order valence-electron chi connectivity index (χ3n) is 8.07. The minimum atomic E-state index is -0.413. The SMILES string of the molecule is N=C(N)NCCC[C@@H]1N[C@H](CNC(=O)C2=CC3N=CNC3C=C2)CCN(CC(c2ccccc2)c2ccccc2)C1=O. The molecule has 3 aliphatic rings. The molecule has 10 heteroatoms. The molecule has 2 unspecified atom stereocenters. The van der Waals surface area contributed by atoms with Gasteiger partial charge in [0, 0.05) is 43.7 Å². The summed E-state index contributed by atoms with van der Waals surface area (Å²) in [5, 5.41) is 20.0. The summed E-state index contributed by atoms with van der Waals surface area (Å²) in [6.45, 7) is 2.06. The van der Waals surface area contributed by atoms with Gasteiger partial charge in [-0.2, -0.15) is 0 Å². The zero-order valence-corrected chi connectivity index (χ0v) is 23.7. The average Bonchev–Trinajstić information content (AvgIpc) is 3.43. The number of amides is 2. The molecule has 42 heavy (non-hydrogen) atoms. The molecule has 2 amide bonds. The third-order valence-corrected chi connectivity index (χ3v) is 8.07. The van der Waals surface area contributed by atoms with Crippen LogP contribution in [0.5, 0.6) is 0 Å². The predicted molar refractivity (Wildman–Crippen MR) is 165 cm³/mol. The molecule has 220 valence electrons. The number of nitrogens with zero attached hydrogens (tertiary/aromatic N) is 2. The van der Waals surface area contributed by atoms with Gasteiger partial charge in [-0.25, -0.2) is 0 Å². The van der Waals surface area contributed by atoms with Crippen LogP contribution in [0, 0.1) is 5.41 Å². The molecule has 5 rings (SSSR count). The van der Waals surface area contributed by atoms with E-state index in [4.69, 9.17) is 11.1 Å². The van der Waals surface area contributed by atoms with Gasteiger partial charge in [0.05, 0.1) is 24.5 Å². The average molecular weight is 569 g/mol. The first-order valence-electron chi connectivity index (χ1n) is 14.7. The first kappa shape index (κ1) is 29.1. The van der Waals surface area contributed by atoms with E-state index in [0.717, 1.165) is 11.1 Å². The fourth-order valence-electron chi connectivity index (χ4n) is 5.79. The van der Waals surface area contributed by atoms with E-state index in [1.807, 2.05) is 59.5 Å². The predicted octanol–water partition coefficient (Wildman–Crippen LogP) is 1.62. The lowest BCUT2D eigenvalue weighted by Crippen LogP contribution is -2.49. The molecule has 1 saturated heterocycles. The lowest BCUT2D eigenvalue weighted by atomic mass is 9.90. The van der Waals surface area contributed by atoms with Crippen LogP contribution < -0.4 is 27.0 Å². The number of benzene rings is 2. The number of aliphatic imine (C=N–C) groups is 1. The Morgan fingerprint density at radius 2 is 1.81 bits per heavy atom. The number of nitrogens with two attached hydrogens (primary N) is 1. The normalized spacial score (nSPS) is 23.1. The van der Waals surface area contributed by atoms with Crippen LogP contribution in [-0.4, -0.2) is 79.4 Å². The van der Waals surface area contributed by atoms with Crippen LogP contribution in [0.15, 0.2) is 89.5 Å². The summed E-state index contributed by atoms with van der Waals surface area (Å²) >= 11 is 0. The highest BCUT2D eigenvalue weighted by molar-refractivity contribution is 5.96. The van der Waals surface area contributed by atoms with Gasteiger partial charge >= 0.3 is 0 Å². The van der Waals surface area contributed by atoms with Crippen LogP contribution in [0.1, 0.15) is 36.3 Å². The molecule has 10 nitrogen and oxygen atoms in total. The molecule has 0 aromatic heterocycles. The number of carbonyl (C=O) groups excluding carboxylic acids is 2. The van der Waals surface area contributed by atoms with E-state index in [0.29, 0.717) is 51.0 Å². The summed E-state index contributed by atoms with van der Waals surface area (Å²) in [6, 6.07) is 20.2. The molecule has 1 aliphatic carbocycles. The lowest BCUT2D eigenvalue weighted by Gasteiger charge is -2.29. The summed E-state index contributed by atoms with van der Waals surface area (Å²) in [7, 11) is 0. The molecule has 2 aliphatic heterocycles. The Balaban J connectivity index is 1.28. The zero-order chi connectivity index (χ0) is 29.3. The number of hydrogen-bond donors (Lipinski definition) is 6. The van der Waals surface area contributed by atoms with E-state index >= 15 is 0 Å². The fourth-order valence-corrected chi connectivity index (χ4v) is 5.79. The molecule has 2 heterocycles. The van der Waals surface area contributed by atoms with E-state index < -0.39 is 6.04 Å². The van der Waals surface area contributed by atoms with Gasteiger partial charge in [-0.15, -0.1) is 0 Å². The van der Waals surface area contributed by atoms with Gasteiger partial charge in [0.2, 0.25) is 5.91 Å². The van der Waals surface area contributed by atoms with E-state index in [9.17, 15) is 9.59 Å². The molecule has 0 radical (unpaired) electrons. The zero-order valence-electron chi connectivity index (χ0n) is 23.7. The highest BCUT2D eigenvalue weighted by Gasteiger charge is 2.33. The summed E-state index contributed by atoms with van der Waals surface area (Å²) in [4.78, 5) is 33.3. The second-order valence-corrected chi connectivity index (χ2v) is 11.0. The molecule has 2 aromatic carbocycles. The minimum Gasteiger partial charge on any atom is -0.370 e. The maximum atomic E-state index is 14.0. The first-order chi connectivity index (χ1) is 20.5. The third kappa shape index (κ3) is 7.44. The van der Waals surface area contributed by atoms with Gasteiger partial charge in [0.1, 0.15) is 0 Å². The van der Waals surface area contributed by atoms with Crippen molar-refractivity contribution in [2.45, 2.75) is 49.3 Å². The van der Waals surface area contributed by atoms with Crippen molar-refractivity contribution in [3.63, 3.8) is 0 Å². The highest BCUT2D eigenvalue weighted by Crippen LogP contribution is 2.27. The smallest absolute Gasteiger partial charge is 0.251 e. The Morgan fingerprint density at radius 1 is 1.10 bits per heavy atom. The highest BCUT2D eigenvalue weighted by atomic mass is 16.2. The second-order valence-electron chi connectivity index (χ2n) is 11.0. The van der Waals surface area contributed by atoms with Crippen molar-refractivity contribution in [1.82, 2.24) is 26.2 Å². The van der Waals surface area contributed by atoms with Crippen LogP contribution in [0.2, 0.25) is 0 Å². The number of fused-ring (bicyclic) bond motifs is 1. The van der Waals surface area contributed by atoms with Gasteiger partial charge < -0.3 is 31.9 Å². The standard InChI is InChI=1S/C32H40N8O2/c33-32(34)35-16-7-12-28-31(42)40(20-26(22-8-3-1-4-9-22)23-10-5-2-6-11-23)17-15-25(39-28)19-36-30(41)24-13-14-27-29(18-24)38-21-37-27/h1-6,8-11,13-14,18,21,25-29,39H,7,12,15-17,19-20H2,(H,36,41)(H,37,38)(H4,33,34,35)/t25-,27?,28-,29?/m0/s1. The number of guanidine groups is 1. The first-order valence-corrected chi connectivity index (χ1v) is 14.7. The maximum Gasteiger partial charge on any atom is 0.251 e. The molecule has 4 atom stereocenters. The van der Waals surface area contributed by atoms with Crippen LogP contribution in [-0.2, 0) is 9.59 Å². The quantitative estimate of drug-likeness (QED) is 0.138. The van der Waals surface area contributed by atoms with Crippen molar-refractivity contribution in [3.05, 3.63) is 95.6 Å². The maximum absolute atomic E-state index is 14.0. The van der Waals surface area contributed by atoms with Gasteiger partial charge in [-0.3, -0.25) is 20.0 Å². The minimum absolute atomic E-state index is 0.0363. The fraction of sp³-hybridized carbons (Fsp3) is 0.375. The van der Waals surface area contributed by atoms with Gasteiger partial charge in [-0.1, -0.05) is 72.8 Å². The van der Waals surface area contributed by atoms with E-state index in [1.54, 1.807) is 6.34 Å². The monoisotopic (exact) mass is 568 g/mol. The van der Waals surface area contributed by atoms with Crippen LogP contribution >= 0.6 is 0 Å². The largest absolute Gasteiger partial charge is 0.370 e. The van der Waals surface area contributed by atoms with E-state index in [-0.39, 0.29) is 41.8 Å². The Kier molecular flexibility index (Phi) is 9.66. The van der Waals surface area contributed by atoms with Gasteiger partial charge in [0.15, 0.2) is 5.96 Å². The van der Waals surface area contributed by atoms with Gasteiger partial charge in [0.25, 0.3) is 5.91 Å². The van der Waals surface area contributed by atoms with Crippen molar-refractivity contribution in [1.29, 1.82) is 5.41 Å². The van der Waals surface area contributed by atoms with Crippen molar-refractivity contribution in [2.24, 2.45) is 10.7 Å². The summed E-state index contributed by atoms with van der Waals surface area (Å²) in [5.74, 6) is -0.132.